The van der Waals surface area contributed by atoms with Crippen LogP contribution in [0.2, 0.25) is 0 Å². The molecule has 0 aliphatic heterocycles. The number of carbonyl (C=O) groups is 1. The first-order chi connectivity index (χ1) is 8.17. The molecule has 0 aliphatic carbocycles. The number of ether oxygens (including phenoxy) is 2. The Morgan fingerprint density at radius 1 is 1.65 bits per heavy atom. The molecular weight excluding hydrogens is 246 g/mol. The number of hydrogen-bond donors (Lipinski definition) is 0. The molecule has 0 aromatic carbocycles. The van der Waals surface area contributed by atoms with Crippen molar-refractivity contribution in [3.05, 3.63) is 18.3 Å². The van der Waals surface area contributed by atoms with Crippen molar-refractivity contribution in [3.63, 3.8) is 0 Å². The van der Waals surface area contributed by atoms with Crippen molar-refractivity contribution in [2.75, 3.05) is 18.2 Å². The zero-order chi connectivity index (χ0) is 12.7. The summed E-state index contributed by atoms with van der Waals surface area (Å²) in [6, 6.07) is 3.28. The van der Waals surface area contributed by atoms with Gasteiger partial charge in [-0.25, -0.2) is 9.78 Å². The highest BCUT2D eigenvalue weighted by molar-refractivity contribution is 6.28. The number of carbonyl (C=O) groups excluding carboxylic acids is 1. The fourth-order valence-electron chi connectivity index (χ4n) is 0.946. The summed E-state index contributed by atoms with van der Waals surface area (Å²) >= 11 is 5.79. The molecule has 0 bridgehead atoms. The first-order valence-electron chi connectivity index (χ1n) is 4.84. The molecule has 0 atom stereocenters. The fourth-order valence-corrected chi connectivity index (χ4v) is 1.09. The Hall–Kier alpha value is -1.82. The number of pyridine rings is 1. The van der Waals surface area contributed by atoms with E-state index in [1.165, 1.54) is 13.3 Å². The molecule has 17 heavy (non-hydrogen) atoms. The second-order valence-corrected chi connectivity index (χ2v) is 3.14. The Bertz CT molecular complexity index is 394. The first-order valence-corrected chi connectivity index (χ1v) is 5.18. The van der Waals surface area contributed by atoms with Crippen molar-refractivity contribution in [3.8, 4) is 5.88 Å². The maximum absolute atomic E-state index is 11.0. The number of halogens is 1. The number of rotatable bonds is 5. The third-order valence-corrected chi connectivity index (χ3v) is 1.98. The number of anilines is 1. The topological polar surface area (TPSA) is 64.0 Å². The maximum atomic E-state index is 11.0. The van der Waals surface area contributed by atoms with Gasteiger partial charge < -0.3 is 9.47 Å². The summed E-state index contributed by atoms with van der Waals surface area (Å²) in [7, 11) is 1.51. The van der Waals surface area contributed by atoms with Gasteiger partial charge in [-0.05, 0) is 13.0 Å². The molecule has 6 nitrogen and oxygen atoms in total. The van der Waals surface area contributed by atoms with Gasteiger partial charge in [0.2, 0.25) is 5.88 Å². The lowest BCUT2D eigenvalue weighted by molar-refractivity contribution is -0.134. The highest BCUT2D eigenvalue weighted by Gasteiger charge is 2.03. The molecule has 1 aromatic heterocycles. The number of aromatic nitrogens is 1. The highest BCUT2D eigenvalue weighted by Crippen LogP contribution is 2.17. The summed E-state index contributed by atoms with van der Waals surface area (Å²) in [5, 5.41) is 3.69. The van der Waals surface area contributed by atoms with E-state index in [9.17, 15) is 4.79 Å². The van der Waals surface area contributed by atoms with Crippen LogP contribution in [-0.2, 0) is 9.53 Å². The molecule has 0 N–H and O–H groups in total. The van der Waals surface area contributed by atoms with E-state index in [-0.39, 0.29) is 6.61 Å². The molecule has 0 saturated heterocycles. The Kier molecular flexibility index (Phi) is 5.22. The van der Waals surface area contributed by atoms with Crippen molar-refractivity contribution in [1.29, 1.82) is 0 Å². The van der Waals surface area contributed by atoms with E-state index in [1.807, 2.05) is 0 Å². The molecule has 0 aliphatic rings. The molecule has 1 heterocycles. The van der Waals surface area contributed by atoms with Gasteiger partial charge in [0.1, 0.15) is 6.21 Å². The lowest BCUT2D eigenvalue weighted by Gasteiger charge is -2.08. The lowest BCUT2D eigenvalue weighted by Crippen LogP contribution is -2.09. The van der Waals surface area contributed by atoms with Crippen molar-refractivity contribution in [2.24, 2.45) is 5.10 Å². The third kappa shape index (κ3) is 4.28. The second kappa shape index (κ2) is 6.70. The highest BCUT2D eigenvalue weighted by atomic mass is 35.5. The van der Waals surface area contributed by atoms with Gasteiger partial charge in [-0.2, -0.15) is 9.63 Å². The van der Waals surface area contributed by atoms with Crippen LogP contribution < -0.4 is 9.26 Å². The number of methoxy groups -OCH3 is 1. The van der Waals surface area contributed by atoms with E-state index < -0.39 is 5.97 Å². The summed E-state index contributed by atoms with van der Waals surface area (Å²) in [4.78, 5) is 14.9. The van der Waals surface area contributed by atoms with Crippen LogP contribution in [0, 0.1) is 0 Å². The predicted molar refractivity (Wildman–Crippen MR) is 64.2 cm³/mol. The van der Waals surface area contributed by atoms with Crippen LogP contribution in [-0.4, -0.2) is 30.9 Å². The molecule has 0 radical (unpaired) electrons. The summed E-state index contributed by atoms with van der Waals surface area (Å²) < 4.78 is 10.5. The van der Waals surface area contributed by atoms with E-state index in [0.717, 1.165) is 10.7 Å². The average molecular weight is 258 g/mol. The van der Waals surface area contributed by atoms with Gasteiger partial charge in [0.15, 0.2) is 0 Å². The van der Waals surface area contributed by atoms with Gasteiger partial charge >= 0.3 is 5.97 Å². The molecule has 1 rings (SSSR count). The second-order valence-electron chi connectivity index (χ2n) is 2.82. The fraction of sp³-hybridized carbons (Fsp3) is 0.300. The Labute approximate surface area is 104 Å². The van der Waals surface area contributed by atoms with Crippen molar-refractivity contribution in [2.45, 2.75) is 6.92 Å². The van der Waals surface area contributed by atoms with Crippen LogP contribution in [0.1, 0.15) is 6.92 Å². The minimum absolute atomic E-state index is 0.289. The summed E-state index contributed by atoms with van der Waals surface area (Å²) in [5.74, 6) is -0.0900. The van der Waals surface area contributed by atoms with Crippen molar-refractivity contribution < 1.29 is 14.3 Å². The van der Waals surface area contributed by atoms with Gasteiger partial charge in [-0.3, -0.25) is 0 Å². The van der Waals surface area contributed by atoms with Gasteiger partial charge in [-0.15, -0.1) is 0 Å². The van der Waals surface area contributed by atoms with Crippen LogP contribution in [0.4, 0.5) is 5.69 Å². The Morgan fingerprint density at radius 2 is 2.41 bits per heavy atom. The average Bonchev–Trinajstić information content (AvgIpc) is 2.36. The smallest absolute Gasteiger partial charge is 0.351 e. The number of hydrogen-bond acceptors (Lipinski definition) is 6. The standard InChI is InChI=1S/C10H12ClN3O3/c1-3-17-10(15)7-13-14(11)8-4-5-9(16-2)12-6-8/h4-7H,3H2,1-2H3. The monoisotopic (exact) mass is 257 g/mol. The van der Waals surface area contributed by atoms with Gasteiger partial charge in [0.25, 0.3) is 0 Å². The predicted octanol–water partition coefficient (Wildman–Crippen LogP) is 1.60. The molecule has 0 amide bonds. The lowest BCUT2D eigenvalue weighted by atomic mass is 10.4. The third-order valence-electron chi connectivity index (χ3n) is 1.69. The number of esters is 1. The quantitative estimate of drug-likeness (QED) is 0.347. The van der Waals surface area contributed by atoms with E-state index in [2.05, 4.69) is 14.8 Å². The SMILES string of the molecule is CCOC(=O)C=NN(Cl)c1ccc(OC)nc1. The number of nitrogens with zero attached hydrogens (tertiary/aromatic N) is 3. The molecule has 0 saturated carbocycles. The molecule has 92 valence electrons. The summed E-state index contributed by atoms with van der Waals surface area (Å²) in [6.07, 6.45) is 2.45. The largest absolute Gasteiger partial charge is 0.481 e. The van der Waals surface area contributed by atoms with E-state index >= 15 is 0 Å². The van der Waals surface area contributed by atoms with Crippen LogP contribution in [0.5, 0.6) is 5.88 Å². The zero-order valence-electron chi connectivity index (χ0n) is 9.46. The van der Waals surface area contributed by atoms with E-state index in [1.54, 1.807) is 19.1 Å². The summed E-state index contributed by atoms with van der Waals surface area (Å²) in [6.45, 7) is 1.99. The van der Waals surface area contributed by atoms with Gasteiger partial charge in [0.05, 0.1) is 25.6 Å². The molecular formula is C10H12ClN3O3. The maximum Gasteiger partial charge on any atom is 0.351 e. The first kappa shape index (κ1) is 13.2. The minimum Gasteiger partial charge on any atom is -0.481 e. The van der Waals surface area contributed by atoms with Crippen molar-refractivity contribution in [1.82, 2.24) is 4.98 Å². The van der Waals surface area contributed by atoms with Gasteiger partial charge in [-0.1, -0.05) is 0 Å². The molecule has 0 fully saturated rings. The van der Waals surface area contributed by atoms with Gasteiger partial charge in [0, 0.05) is 17.8 Å². The zero-order valence-corrected chi connectivity index (χ0v) is 10.2. The van der Waals surface area contributed by atoms with Crippen LogP contribution in [0.25, 0.3) is 0 Å². The minimum atomic E-state index is -0.556. The molecule has 0 unspecified atom stereocenters. The molecule has 1 aromatic rings. The van der Waals surface area contributed by atoms with Crippen LogP contribution in [0.3, 0.4) is 0 Å². The number of hydrazone groups is 1. The van der Waals surface area contributed by atoms with Crippen molar-refractivity contribution >= 4 is 29.6 Å². The molecule has 7 heteroatoms. The van der Waals surface area contributed by atoms with E-state index in [4.69, 9.17) is 16.5 Å². The Balaban J connectivity index is 2.62. The van der Waals surface area contributed by atoms with Crippen LogP contribution >= 0.6 is 11.8 Å². The van der Waals surface area contributed by atoms with E-state index in [0.29, 0.717) is 11.6 Å². The van der Waals surface area contributed by atoms with Crippen LogP contribution in [0.15, 0.2) is 23.4 Å². The summed E-state index contributed by atoms with van der Waals surface area (Å²) in [5.41, 5.74) is 0.507. The normalized spacial score (nSPS) is 10.3. The molecule has 0 spiro atoms. The Morgan fingerprint density at radius 3 is 2.94 bits per heavy atom.